The van der Waals surface area contributed by atoms with Gasteiger partial charge in [0.05, 0.1) is 16.8 Å². The van der Waals surface area contributed by atoms with Crippen LogP contribution in [-0.2, 0) is 13.1 Å². The summed E-state index contributed by atoms with van der Waals surface area (Å²) in [4.78, 5) is 17.0. The molecule has 4 heterocycles. The van der Waals surface area contributed by atoms with Gasteiger partial charge < -0.3 is 9.72 Å². The van der Waals surface area contributed by atoms with Crippen LogP contribution in [0.15, 0.2) is 67.3 Å². The first-order valence-corrected chi connectivity index (χ1v) is 9.59. The van der Waals surface area contributed by atoms with Crippen molar-refractivity contribution in [2.24, 2.45) is 5.92 Å². The molecule has 140 valence electrons. The Kier molecular flexibility index (Phi) is 4.16. The predicted octanol–water partition coefficient (Wildman–Crippen LogP) is 3.54. The second kappa shape index (κ2) is 6.96. The lowest BCUT2D eigenvalue weighted by Gasteiger charge is -2.04. The number of carbonyl (C=O) groups is 1. The number of carbonyl (C=O) groups excluding carboxylic acids is 1. The van der Waals surface area contributed by atoms with E-state index in [1.807, 2.05) is 63.9 Å². The van der Waals surface area contributed by atoms with Crippen molar-refractivity contribution >= 4 is 11.4 Å². The SMILES string of the molecule is O=C(NCc1cccnc1)c1cc(-c2ccn(CC3CC3)n2)n2ccccc12. The summed E-state index contributed by atoms with van der Waals surface area (Å²) in [5, 5.41) is 7.73. The zero-order valence-corrected chi connectivity index (χ0v) is 15.5. The van der Waals surface area contributed by atoms with Crippen molar-refractivity contribution in [2.75, 3.05) is 0 Å². The largest absolute Gasteiger partial charge is 0.348 e. The second-order valence-electron chi connectivity index (χ2n) is 7.31. The number of pyridine rings is 2. The Morgan fingerprint density at radius 3 is 2.89 bits per heavy atom. The van der Waals surface area contributed by atoms with Gasteiger partial charge in [0, 0.05) is 37.9 Å². The third kappa shape index (κ3) is 3.29. The number of hydrogen-bond donors (Lipinski definition) is 1. The molecule has 1 aliphatic carbocycles. The van der Waals surface area contributed by atoms with Crippen LogP contribution in [0.1, 0.15) is 28.8 Å². The molecule has 1 amide bonds. The van der Waals surface area contributed by atoms with E-state index in [4.69, 9.17) is 5.10 Å². The maximum atomic E-state index is 12.9. The summed E-state index contributed by atoms with van der Waals surface area (Å²) in [5.41, 5.74) is 4.30. The van der Waals surface area contributed by atoms with Crippen LogP contribution in [0, 0.1) is 5.92 Å². The number of nitrogens with one attached hydrogen (secondary N) is 1. The quantitative estimate of drug-likeness (QED) is 0.564. The van der Waals surface area contributed by atoms with Crippen LogP contribution in [0.5, 0.6) is 0 Å². The molecule has 1 aliphatic rings. The molecule has 0 spiro atoms. The summed E-state index contributed by atoms with van der Waals surface area (Å²) in [7, 11) is 0. The Hall–Kier alpha value is -3.41. The molecule has 0 aromatic carbocycles. The highest BCUT2D eigenvalue weighted by Gasteiger charge is 2.23. The molecule has 0 atom stereocenters. The standard InChI is InChI=1S/C22H21N5O/c28-22(24-14-17-4-3-9-23-13-17)18-12-21(27-10-2-1-5-20(18)27)19-8-11-26(25-19)15-16-6-7-16/h1-5,8-13,16H,6-7,14-15H2,(H,24,28). The van der Waals surface area contributed by atoms with Gasteiger partial charge in [-0.2, -0.15) is 5.10 Å². The molecule has 0 saturated heterocycles. The van der Waals surface area contributed by atoms with Gasteiger partial charge in [0.15, 0.2) is 0 Å². The summed E-state index contributed by atoms with van der Waals surface area (Å²) in [6, 6.07) is 13.6. The van der Waals surface area contributed by atoms with Crippen LogP contribution in [0.25, 0.3) is 16.9 Å². The fourth-order valence-electron chi connectivity index (χ4n) is 3.48. The van der Waals surface area contributed by atoms with E-state index < -0.39 is 0 Å². The van der Waals surface area contributed by atoms with Crippen molar-refractivity contribution in [3.8, 4) is 11.4 Å². The van der Waals surface area contributed by atoms with Crippen molar-refractivity contribution in [3.63, 3.8) is 0 Å². The molecule has 0 radical (unpaired) electrons. The Morgan fingerprint density at radius 2 is 2.07 bits per heavy atom. The topological polar surface area (TPSA) is 64.2 Å². The van der Waals surface area contributed by atoms with Gasteiger partial charge in [0.25, 0.3) is 5.91 Å². The minimum absolute atomic E-state index is 0.101. The molecule has 4 aromatic heterocycles. The average Bonchev–Trinajstić information content (AvgIpc) is 3.28. The van der Waals surface area contributed by atoms with Gasteiger partial charge >= 0.3 is 0 Å². The maximum absolute atomic E-state index is 12.9. The molecule has 6 heteroatoms. The Morgan fingerprint density at radius 1 is 1.14 bits per heavy atom. The number of fused-ring (bicyclic) bond motifs is 1. The highest BCUT2D eigenvalue weighted by atomic mass is 16.1. The van der Waals surface area contributed by atoms with Gasteiger partial charge in [0.1, 0.15) is 5.69 Å². The molecule has 5 rings (SSSR count). The molecule has 1 fully saturated rings. The summed E-state index contributed by atoms with van der Waals surface area (Å²) in [5.74, 6) is 0.668. The van der Waals surface area contributed by atoms with Crippen molar-refractivity contribution in [3.05, 3.63) is 78.4 Å². The van der Waals surface area contributed by atoms with Crippen molar-refractivity contribution in [1.29, 1.82) is 0 Å². The molecule has 1 N–H and O–H groups in total. The molecule has 0 bridgehead atoms. The lowest BCUT2D eigenvalue weighted by molar-refractivity contribution is 0.0952. The van der Waals surface area contributed by atoms with Gasteiger partial charge in [-0.15, -0.1) is 0 Å². The van der Waals surface area contributed by atoms with E-state index in [0.29, 0.717) is 12.1 Å². The fourth-order valence-corrected chi connectivity index (χ4v) is 3.48. The molecule has 6 nitrogen and oxygen atoms in total. The highest BCUT2D eigenvalue weighted by Crippen LogP contribution is 2.31. The van der Waals surface area contributed by atoms with E-state index in [2.05, 4.69) is 10.3 Å². The van der Waals surface area contributed by atoms with Gasteiger partial charge in [-0.3, -0.25) is 14.5 Å². The molecular formula is C22H21N5O. The number of rotatable bonds is 6. The van der Waals surface area contributed by atoms with Crippen LogP contribution >= 0.6 is 0 Å². The molecule has 28 heavy (non-hydrogen) atoms. The third-order valence-corrected chi connectivity index (χ3v) is 5.14. The zero-order valence-electron chi connectivity index (χ0n) is 15.5. The number of amides is 1. The van der Waals surface area contributed by atoms with Crippen molar-refractivity contribution in [1.82, 2.24) is 24.5 Å². The van der Waals surface area contributed by atoms with Crippen molar-refractivity contribution in [2.45, 2.75) is 25.9 Å². The van der Waals surface area contributed by atoms with Gasteiger partial charge in [-0.25, -0.2) is 0 Å². The monoisotopic (exact) mass is 371 g/mol. The Labute approximate surface area is 162 Å². The van der Waals surface area contributed by atoms with Gasteiger partial charge in [-0.1, -0.05) is 12.1 Å². The zero-order chi connectivity index (χ0) is 18.9. The first kappa shape index (κ1) is 16.7. The van der Waals surface area contributed by atoms with Crippen LogP contribution in [-0.4, -0.2) is 25.1 Å². The molecule has 0 aliphatic heterocycles. The summed E-state index contributed by atoms with van der Waals surface area (Å²) in [6.45, 7) is 1.42. The maximum Gasteiger partial charge on any atom is 0.253 e. The molecular weight excluding hydrogens is 350 g/mol. The molecule has 1 saturated carbocycles. The normalized spacial score (nSPS) is 13.7. The lowest BCUT2D eigenvalue weighted by atomic mass is 10.2. The molecule has 4 aromatic rings. The number of aromatic nitrogens is 4. The highest BCUT2D eigenvalue weighted by molar-refractivity contribution is 6.02. The molecule has 0 unspecified atom stereocenters. The van der Waals surface area contributed by atoms with Gasteiger partial charge in [0.2, 0.25) is 0 Å². The minimum atomic E-state index is -0.101. The smallest absolute Gasteiger partial charge is 0.253 e. The average molecular weight is 371 g/mol. The summed E-state index contributed by atoms with van der Waals surface area (Å²) in [6.07, 6.45) is 10.1. The summed E-state index contributed by atoms with van der Waals surface area (Å²) >= 11 is 0. The lowest BCUT2D eigenvalue weighted by Crippen LogP contribution is -2.22. The first-order chi connectivity index (χ1) is 13.8. The predicted molar refractivity (Wildman–Crippen MR) is 107 cm³/mol. The van der Waals surface area contributed by atoms with Gasteiger partial charge in [-0.05, 0) is 54.7 Å². The third-order valence-electron chi connectivity index (χ3n) is 5.14. The van der Waals surface area contributed by atoms with E-state index in [1.54, 1.807) is 12.4 Å². The second-order valence-corrected chi connectivity index (χ2v) is 7.31. The van der Waals surface area contributed by atoms with Crippen LogP contribution < -0.4 is 5.32 Å². The van der Waals surface area contributed by atoms with Crippen LogP contribution in [0.2, 0.25) is 0 Å². The van der Waals surface area contributed by atoms with E-state index in [-0.39, 0.29) is 5.91 Å². The fraction of sp³-hybridized carbons (Fsp3) is 0.227. The first-order valence-electron chi connectivity index (χ1n) is 9.59. The van der Waals surface area contributed by atoms with E-state index in [0.717, 1.165) is 34.9 Å². The Balaban J connectivity index is 1.44. The van der Waals surface area contributed by atoms with Crippen LogP contribution in [0.3, 0.4) is 0 Å². The Bertz CT molecular complexity index is 1120. The van der Waals surface area contributed by atoms with E-state index in [9.17, 15) is 4.79 Å². The number of nitrogens with zero attached hydrogens (tertiary/aromatic N) is 4. The van der Waals surface area contributed by atoms with E-state index >= 15 is 0 Å². The summed E-state index contributed by atoms with van der Waals surface area (Å²) < 4.78 is 4.04. The van der Waals surface area contributed by atoms with Crippen molar-refractivity contribution < 1.29 is 4.79 Å². The number of hydrogen-bond acceptors (Lipinski definition) is 3. The van der Waals surface area contributed by atoms with Crippen LogP contribution in [0.4, 0.5) is 0 Å². The van der Waals surface area contributed by atoms with E-state index in [1.165, 1.54) is 12.8 Å². The minimum Gasteiger partial charge on any atom is -0.348 e.